The van der Waals surface area contributed by atoms with E-state index in [9.17, 15) is 4.39 Å². The second-order valence-electron chi connectivity index (χ2n) is 6.53. The predicted molar refractivity (Wildman–Crippen MR) is 114 cm³/mol. The molecule has 2 aromatic carbocycles. The van der Waals surface area contributed by atoms with E-state index in [1.165, 1.54) is 18.1 Å². The standard InChI is InChI=1S/C22H26FN5/c1-4-28(5-2)18-10-11-20(16(3)12-18)27-22-13-21(25-15-26-22)24-14-17-8-6-7-9-19(17)23/h6-13,15H,4-5,14H2,1-3H3,(H2,24,25,26,27). The lowest BCUT2D eigenvalue weighted by molar-refractivity contribution is 0.613. The molecule has 0 radical (unpaired) electrons. The van der Waals surface area contributed by atoms with Crippen molar-refractivity contribution in [2.75, 3.05) is 28.6 Å². The monoisotopic (exact) mass is 379 g/mol. The van der Waals surface area contributed by atoms with Crippen molar-refractivity contribution in [1.82, 2.24) is 9.97 Å². The van der Waals surface area contributed by atoms with Gasteiger partial charge in [0, 0.05) is 42.6 Å². The molecule has 0 aliphatic carbocycles. The van der Waals surface area contributed by atoms with E-state index in [0.29, 0.717) is 23.7 Å². The van der Waals surface area contributed by atoms with Gasteiger partial charge >= 0.3 is 0 Å². The number of aromatic nitrogens is 2. The Labute approximate surface area is 165 Å². The lowest BCUT2D eigenvalue weighted by Gasteiger charge is -2.22. The third kappa shape index (κ3) is 4.76. The first kappa shape index (κ1) is 19.6. The molecule has 28 heavy (non-hydrogen) atoms. The third-order valence-electron chi connectivity index (χ3n) is 4.69. The summed E-state index contributed by atoms with van der Waals surface area (Å²) in [5.74, 6) is 1.09. The molecule has 0 saturated carbocycles. The van der Waals surface area contributed by atoms with Crippen LogP contribution in [0.15, 0.2) is 54.9 Å². The highest BCUT2D eigenvalue weighted by atomic mass is 19.1. The molecule has 0 fully saturated rings. The summed E-state index contributed by atoms with van der Waals surface area (Å²) in [4.78, 5) is 10.8. The van der Waals surface area contributed by atoms with Crippen molar-refractivity contribution < 1.29 is 4.39 Å². The van der Waals surface area contributed by atoms with Crippen molar-refractivity contribution in [3.8, 4) is 0 Å². The van der Waals surface area contributed by atoms with Gasteiger partial charge in [-0.2, -0.15) is 0 Å². The highest BCUT2D eigenvalue weighted by Crippen LogP contribution is 2.25. The highest BCUT2D eigenvalue weighted by Gasteiger charge is 2.07. The molecule has 0 aliphatic heterocycles. The fourth-order valence-electron chi connectivity index (χ4n) is 3.06. The summed E-state index contributed by atoms with van der Waals surface area (Å²) < 4.78 is 13.8. The van der Waals surface area contributed by atoms with Gasteiger partial charge in [-0.15, -0.1) is 0 Å². The number of halogens is 1. The number of hydrogen-bond acceptors (Lipinski definition) is 5. The summed E-state index contributed by atoms with van der Waals surface area (Å²) >= 11 is 0. The van der Waals surface area contributed by atoms with Gasteiger partial charge in [-0.25, -0.2) is 14.4 Å². The highest BCUT2D eigenvalue weighted by molar-refractivity contribution is 5.66. The largest absolute Gasteiger partial charge is 0.372 e. The van der Waals surface area contributed by atoms with E-state index >= 15 is 0 Å². The molecule has 0 saturated heterocycles. The van der Waals surface area contributed by atoms with E-state index in [2.05, 4.69) is 64.5 Å². The van der Waals surface area contributed by atoms with Gasteiger partial charge in [-0.05, 0) is 50.6 Å². The van der Waals surface area contributed by atoms with Crippen LogP contribution in [-0.2, 0) is 6.54 Å². The molecule has 146 valence electrons. The molecule has 2 N–H and O–H groups in total. The molecule has 0 spiro atoms. The fourth-order valence-corrected chi connectivity index (χ4v) is 3.06. The van der Waals surface area contributed by atoms with Crippen LogP contribution >= 0.6 is 0 Å². The van der Waals surface area contributed by atoms with Crippen LogP contribution in [0.2, 0.25) is 0 Å². The number of nitrogens with zero attached hydrogens (tertiary/aromatic N) is 3. The predicted octanol–water partition coefficient (Wildman–Crippen LogP) is 5.13. The average molecular weight is 379 g/mol. The van der Waals surface area contributed by atoms with Crippen molar-refractivity contribution in [1.29, 1.82) is 0 Å². The molecular weight excluding hydrogens is 353 g/mol. The number of anilines is 4. The van der Waals surface area contributed by atoms with Gasteiger partial charge in [0.25, 0.3) is 0 Å². The van der Waals surface area contributed by atoms with Crippen LogP contribution in [0.5, 0.6) is 0 Å². The van der Waals surface area contributed by atoms with Gasteiger partial charge < -0.3 is 15.5 Å². The van der Waals surface area contributed by atoms with E-state index in [-0.39, 0.29) is 5.82 Å². The zero-order valence-corrected chi connectivity index (χ0v) is 16.5. The molecule has 0 aliphatic rings. The molecular formula is C22H26FN5. The van der Waals surface area contributed by atoms with E-state index in [1.807, 2.05) is 12.1 Å². The zero-order valence-electron chi connectivity index (χ0n) is 16.5. The minimum absolute atomic E-state index is 0.230. The number of aryl methyl sites for hydroxylation is 1. The third-order valence-corrected chi connectivity index (χ3v) is 4.69. The summed E-state index contributed by atoms with van der Waals surface area (Å²) in [6.45, 7) is 8.70. The van der Waals surface area contributed by atoms with Gasteiger partial charge in [-0.3, -0.25) is 0 Å². The first-order valence-electron chi connectivity index (χ1n) is 9.52. The van der Waals surface area contributed by atoms with Gasteiger partial charge in [-0.1, -0.05) is 18.2 Å². The van der Waals surface area contributed by atoms with E-state index in [0.717, 1.165) is 24.3 Å². The van der Waals surface area contributed by atoms with E-state index in [1.54, 1.807) is 12.1 Å². The number of hydrogen-bond donors (Lipinski definition) is 2. The summed E-state index contributed by atoms with van der Waals surface area (Å²) in [6.07, 6.45) is 1.49. The summed E-state index contributed by atoms with van der Waals surface area (Å²) in [7, 11) is 0. The van der Waals surface area contributed by atoms with Crippen molar-refractivity contribution in [2.24, 2.45) is 0 Å². The Morgan fingerprint density at radius 3 is 2.43 bits per heavy atom. The maximum absolute atomic E-state index is 13.8. The molecule has 0 amide bonds. The first-order chi connectivity index (χ1) is 13.6. The second-order valence-corrected chi connectivity index (χ2v) is 6.53. The Bertz CT molecular complexity index is 924. The van der Waals surface area contributed by atoms with Crippen molar-refractivity contribution >= 4 is 23.0 Å². The molecule has 5 nitrogen and oxygen atoms in total. The maximum Gasteiger partial charge on any atom is 0.135 e. The van der Waals surface area contributed by atoms with Crippen LogP contribution in [0, 0.1) is 12.7 Å². The normalized spacial score (nSPS) is 10.6. The second kappa shape index (κ2) is 9.17. The molecule has 0 bridgehead atoms. The molecule has 6 heteroatoms. The van der Waals surface area contributed by atoms with Crippen LogP contribution in [0.4, 0.5) is 27.4 Å². The molecule has 0 atom stereocenters. The van der Waals surface area contributed by atoms with Gasteiger partial charge in [0.2, 0.25) is 0 Å². The molecule has 1 aromatic heterocycles. The maximum atomic E-state index is 13.8. The molecule has 1 heterocycles. The Hall–Kier alpha value is -3.15. The minimum Gasteiger partial charge on any atom is -0.372 e. The van der Waals surface area contributed by atoms with Crippen LogP contribution < -0.4 is 15.5 Å². The first-order valence-corrected chi connectivity index (χ1v) is 9.52. The SMILES string of the molecule is CCN(CC)c1ccc(Nc2cc(NCc3ccccc3F)ncn2)c(C)c1. The van der Waals surface area contributed by atoms with Crippen LogP contribution in [-0.4, -0.2) is 23.1 Å². The summed E-state index contributed by atoms with van der Waals surface area (Å²) in [5.41, 5.74) is 3.94. The van der Waals surface area contributed by atoms with Crippen LogP contribution in [0.3, 0.4) is 0 Å². The number of benzene rings is 2. The number of rotatable bonds is 8. The average Bonchev–Trinajstić information content (AvgIpc) is 2.71. The van der Waals surface area contributed by atoms with Gasteiger partial charge in [0.1, 0.15) is 23.8 Å². The lowest BCUT2D eigenvalue weighted by atomic mass is 10.1. The quantitative estimate of drug-likeness (QED) is 0.568. The van der Waals surface area contributed by atoms with Gasteiger partial charge in [0.05, 0.1) is 0 Å². The van der Waals surface area contributed by atoms with Crippen LogP contribution in [0.25, 0.3) is 0 Å². The molecule has 3 aromatic rings. The number of nitrogens with one attached hydrogen (secondary N) is 2. The Kier molecular flexibility index (Phi) is 6.42. The van der Waals surface area contributed by atoms with Gasteiger partial charge in [0.15, 0.2) is 0 Å². The van der Waals surface area contributed by atoms with Crippen LogP contribution in [0.1, 0.15) is 25.0 Å². The Balaban J connectivity index is 1.70. The summed E-state index contributed by atoms with van der Waals surface area (Å²) in [5, 5.41) is 6.48. The van der Waals surface area contributed by atoms with Crippen molar-refractivity contribution in [3.63, 3.8) is 0 Å². The molecule has 3 rings (SSSR count). The van der Waals surface area contributed by atoms with Crippen molar-refractivity contribution in [3.05, 3.63) is 71.8 Å². The lowest BCUT2D eigenvalue weighted by Crippen LogP contribution is -2.21. The smallest absolute Gasteiger partial charge is 0.135 e. The topological polar surface area (TPSA) is 53.1 Å². The Morgan fingerprint density at radius 1 is 0.964 bits per heavy atom. The minimum atomic E-state index is -0.230. The zero-order chi connectivity index (χ0) is 19.9. The fraction of sp³-hybridized carbons (Fsp3) is 0.273. The van der Waals surface area contributed by atoms with E-state index < -0.39 is 0 Å². The molecule has 0 unspecified atom stereocenters. The Morgan fingerprint density at radius 2 is 1.71 bits per heavy atom. The summed E-state index contributed by atoms with van der Waals surface area (Å²) in [6, 6.07) is 14.9. The van der Waals surface area contributed by atoms with Crippen molar-refractivity contribution in [2.45, 2.75) is 27.3 Å². The van der Waals surface area contributed by atoms with E-state index in [4.69, 9.17) is 0 Å².